The number of hydrogen-bond donors (Lipinski definition) is 2. The zero-order valence-electron chi connectivity index (χ0n) is 9.86. The lowest BCUT2D eigenvalue weighted by molar-refractivity contribution is -0.105. The Kier molecular flexibility index (Phi) is 3.22. The number of rotatable bonds is 3. The SMILES string of the molecule is CC(C)(O)C(C)(C)[C@H](O)c1ccccc1. The Labute approximate surface area is 91.6 Å². The summed E-state index contributed by atoms with van der Waals surface area (Å²) in [5, 5.41) is 20.2. The maximum Gasteiger partial charge on any atom is 0.0868 e. The minimum atomic E-state index is -0.928. The van der Waals surface area contributed by atoms with Crippen LogP contribution < -0.4 is 0 Å². The van der Waals surface area contributed by atoms with Crippen molar-refractivity contribution in [2.45, 2.75) is 39.4 Å². The molecule has 0 aromatic heterocycles. The molecule has 0 aliphatic carbocycles. The smallest absolute Gasteiger partial charge is 0.0868 e. The molecule has 0 spiro atoms. The molecule has 1 aromatic rings. The second kappa shape index (κ2) is 3.95. The molecule has 2 heteroatoms. The number of hydrogen-bond acceptors (Lipinski definition) is 2. The van der Waals surface area contributed by atoms with Gasteiger partial charge in [0.1, 0.15) is 0 Å². The number of aliphatic hydroxyl groups is 2. The zero-order chi connectivity index (χ0) is 11.7. The fraction of sp³-hybridized carbons (Fsp3) is 0.538. The fourth-order valence-corrected chi connectivity index (χ4v) is 1.39. The van der Waals surface area contributed by atoms with E-state index in [9.17, 15) is 10.2 Å². The predicted octanol–water partition coefficient (Wildman–Crippen LogP) is 2.52. The maximum atomic E-state index is 10.2. The molecule has 0 amide bonds. The molecule has 0 bridgehead atoms. The van der Waals surface area contributed by atoms with Gasteiger partial charge in [-0.15, -0.1) is 0 Å². The van der Waals surface area contributed by atoms with Gasteiger partial charge in [0, 0.05) is 5.41 Å². The van der Waals surface area contributed by atoms with Crippen LogP contribution in [-0.2, 0) is 0 Å². The molecule has 2 N–H and O–H groups in total. The fourth-order valence-electron chi connectivity index (χ4n) is 1.39. The minimum absolute atomic E-state index is 0.589. The molecule has 0 heterocycles. The highest BCUT2D eigenvalue weighted by Gasteiger charge is 2.41. The summed E-state index contributed by atoms with van der Waals surface area (Å²) in [5.74, 6) is 0. The molecule has 0 radical (unpaired) electrons. The Morgan fingerprint density at radius 2 is 1.47 bits per heavy atom. The largest absolute Gasteiger partial charge is 0.390 e. The first-order valence-electron chi connectivity index (χ1n) is 5.22. The second-order valence-corrected chi connectivity index (χ2v) is 5.09. The van der Waals surface area contributed by atoms with E-state index < -0.39 is 17.1 Å². The summed E-state index contributed by atoms with van der Waals surface area (Å²) in [6, 6.07) is 9.43. The highest BCUT2D eigenvalue weighted by molar-refractivity contribution is 5.20. The van der Waals surface area contributed by atoms with Crippen LogP contribution in [0.2, 0.25) is 0 Å². The zero-order valence-corrected chi connectivity index (χ0v) is 9.86. The third-order valence-corrected chi connectivity index (χ3v) is 3.38. The van der Waals surface area contributed by atoms with Gasteiger partial charge in [0.15, 0.2) is 0 Å². The Hall–Kier alpha value is -0.860. The standard InChI is InChI=1S/C13H20O2/c1-12(2,13(3,4)15)11(14)10-8-6-5-7-9-10/h5-9,11,14-15H,1-4H3/t11-/m1/s1. The van der Waals surface area contributed by atoms with E-state index in [0.29, 0.717) is 0 Å². The van der Waals surface area contributed by atoms with Crippen LogP contribution in [0, 0.1) is 5.41 Å². The lowest BCUT2D eigenvalue weighted by Gasteiger charge is -2.41. The van der Waals surface area contributed by atoms with Gasteiger partial charge in [0.2, 0.25) is 0 Å². The monoisotopic (exact) mass is 208 g/mol. The van der Waals surface area contributed by atoms with Gasteiger partial charge >= 0.3 is 0 Å². The predicted molar refractivity (Wildman–Crippen MR) is 61.5 cm³/mol. The van der Waals surface area contributed by atoms with Crippen LogP contribution in [0.1, 0.15) is 39.4 Å². The summed E-state index contributed by atoms with van der Waals surface area (Å²) >= 11 is 0. The van der Waals surface area contributed by atoms with E-state index in [2.05, 4.69) is 0 Å². The van der Waals surface area contributed by atoms with Crippen molar-refractivity contribution >= 4 is 0 Å². The molecule has 0 saturated carbocycles. The molecular weight excluding hydrogens is 188 g/mol. The van der Waals surface area contributed by atoms with Crippen LogP contribution in [0.15, 0.2) is 30.3 Å². The third-order valence-electron chi connectivity index (χ3n) is 3.38. The van der Waals surface area contributed by atoms with Crippen LogP contribution in [0.5, 0.6) is 0 Å². The summed E-state index contributed by atoms with van der Waals surface area (Å²) in [6.07, 6.45) is -0.668. The van der Waals surface area contributed by atoms with Gasteiger partial charge < -0.3 is 10.2 Å². The molecule has 0 saturated heterocycles. The lowest BCUT2D eigenvalue weighted by atomic mass is 9.71. The molecule has 15 heavy (non-hydrogen) atoms. The summed E-state index contributed by atoms with van der Waals surface area (Å²) < 4.78 is 0. The Bertz CT molecular complexity index is 309. The van der Waals surface area contributed by atoms with Gasteiger partial charge in [-0.2, -0.15) is 0 Å². The van der Waals surface area contributed by atoms with E-state index in [1.165, 1.54) is 0 Å². The summed E-state index contributed by atoms with van der Waals surface area (Å²) in [4.78, 5) is 0. The molecule has 0 aliphatic rings. The van der Waals surface area contributed by atoms with E-state index in [-0.39, 0.29) is 0 Å². The van der Waals surface area contributed by atoms with Gasteiger partial charge in [0.25, 0.3) is 0 Å². The van der Waals surface area contributed by atoms with Crippen molar-refractivity contribution in [1.82, 2.24) is 0 Å². The average Bonchev–Trinajstić information content (AvgIpc) is 2.16. The van der Waals surface area contributed by atoms with Crippen LogP contribution in [0.3, 0.4) is 0 Å². The van der Waals surface area contributed by atoms with E-state index >= 15 is 0 Å². The summed E-state index contributed by atoms with van der Waals surface area (Å²) in [5.41, 5.74) is -0.680. The van der Waals surface area contributed by atoms with Crippen molar-refractivity contribution in [1.29, 1.82) is 0 Å². The minimum Gasteiger partial charge on any atom is -0.390 e. The van der Waals surface area contributed by atoms with Crippen LogP contribution in [0.25, 0.3) is 0 Å². The first-order chi connectivity index (χ1) is 6.77. The normalized spacial score (nSPS) is 15.1. The van der Waals surface area contributed by atoms with Gasteiger partial charge in [0.05, 0.1) is 11.7 Å². The second-order valence-electron chi connectivity index (χ2n) is 5.09. The van der Waals surface area contributed by atoms with Crippen LogP contribution in [0.4, 0.5) is 0 Å². The van der Waals surface area contributed by atoms with Crippen molar-refractivity contribution in [3.63, 3.8) is 0 Å². The Morgan fingerprint density at radius 3 is 1.87 bits per heavy atom. The van der Waals surface area contributed by atoms with Gasteiger partial charge in [-0.1, -0.05) is 44.2 Å². The van der Waals surface area contributed by atoms with Crippen molar-refractivity contribution in [2.75, 3.05) is 0 Å². The number of aliphatic hydroxyl groups excluding tert-OH is 1. The van der Waals surface area contributed by atoms with E-state index in [0.717, 1.165) is 5.56 Å². The Morgan fingerprint density at radius 1 is 1.00 bits per heavy atom. The van der Waals surface area contributed by atoms with Crippen molar-refractivity contribution in [2.24, 2.45) is 5.41 Å². The van der Waals surface area contributed by atoms with Gasteiger partial charge in [-0.3, -0.25) is 0 Å². The first-order valence-corrected chi connectivity index (χ1v) is 5.22. The molecule has 1 atom stereocenters. The molecule has 1 aromatic carbocycles. The van der Waals surface area contributed by atoms with E-state index in [1.807, 2.05) is 44.2 Å². The van der Waals surface area contributed by atoms with Crippen molar-refractivity contribution in [3.8, 4) is 0 Å². The van der Waals surface area contributed by atoms with Gasteiger partial charge in [-0.25, -0.2) is 0 Å². The summed E-state index contributed by atoms with van der Waals surface area (Å²) in [6.45, 7) is 7.17. The molecule has 0 aliphatic heterocycles. The van der Waals surface area contributed by atoms with Crippen LogP contribution in [-0.4, -0.2) is 15.8 Å². The molecule has 0 unspecified atom stereocenters. The Balaban J connectivity index is 3.00. The summed E-state index contributed by atoms with van der Waals surface area (Å²) in [7, 11) is 0. The molecule has 0 fully saturated rings. The average molecular weight is 208 g/mol. The van der Waals surface area contributed by atoms with E-state index in [1.54, 1.807) is 13.8 Å². The number of benzene rings is 1. The van der Waals surface area contributed by atoms with Gasteiger partial charge in [-0.05, 0) is 19.4 Å². The third kappa shape index (κ3) is 2.39. The van der Waals surface area contributed by atoms with Crippen LogP contribution >= 0.6 is 0 Å². The highest BCUT2D eigenvalue weighted by atomic mass is 16.3. The highest BCUT2D eigenvalue weighted by Crippen LogP contribution is 2.41. The molecular formula is C13H20O2. The van der Waals surface area contributed by atoms with E-state index in [4.69, 9.17) is 0 Å². The molecule has 1 rings (SSSR count). The lowest BCUT2D eigenvalue weighted by Crippen LogP contribution is -2.43. The maximum absolute atomic E-state index is 10.2. The molecule has 2 nitrogen and oxygen atoms in total. The molecule has 84 valence electrons. The topological polar surface area (TPSA) is 40.5 Å². The van der Waals surface area contributed by atoms with Crippen molar-refractivity contribution < 1.29 is 10.2 Å². The first kappa shape index (κ1) is 12.2. The quantitative estimate of drug-likeness (QED) is 0.801. The van der Waals surface area contributed by atoms with Crippen molar-refractivity contribution in [3.05, 3.63) is 35.9 Å².